The van der Waals surface area contributed by atoms with E-state index in [1.165, 1.54) is 5.56 Å². The van der Waals surface area contributed by atoms with Gasteiger partial charge in [-0.3, -0.25) is 0 Å². The summed E-state index contributed by atoms with van der Waals surface area (Å²) in [6.07, 6.45) is 1.84. The van der Waals surface area contributed by atoms with Crippen LogP contribution in [-0.4, -0.2) is 13.6 Å². The number of hydrogen-bond donors (Lipinski definition) is 1. The monoisotopic (exact) mass is 288 g/mol. The molecule has 2 rings (SSSR count). The predicted octanol–water partition coefficient (Wildman–Crippen LogP) is 4.17. The molecule has 0 saturated heterocycles. The molecule has 0 unspecified atom stereocenters. The fourth-order valence-electron chi connectivity index (χ4n) is 2.35. The second kappa shape index (κ2) is 6.78. The molecular formula is C17H21ClN2. The highest BCUT2D eigenvalue weighted by molar-refractivity contribution is 6.31. The molecule has 2 nitrogen and oxygen atoms in total. The number of rotatable bonds is 5. The van der Waals surface area contributed by atoms with Crippen molar-refractivity contribution in [2.24, 2.45) is 5.73 Å². The van der Waals surface area contributed by atoms with Crippen molar-refractivity contribution in [3.05, 3.63) is 58.6 Å². The normalized spacial score (nSPS) is 10.6. The van der Waals surface area contributed by atoms with Crippen LogP contribution in [-0.2, 0) is 12.8 Å². The first-order chi connectivity index (χ1) is 9.67. The molecule has 2 aromatic carbocycles. The van der Waals surface area contributed by atoms with E-state index in [1.807, 2.05) is 12.1 Å². The van der Waals surface area contributed by atoms with Crippen molar-refractivity contribution in [3.8, 4) is 0 Å². The molecule has 0 aromatic heterocycles. The highest BCUT2D eigenvalue weighted by Gasteiger charge is 2.11. The first kappa shape index (κ1) is 14.9. The van der Waals surface area contributed by atoms with Crippen molar-refractivity contribution in [2.45, 2.75) is 19.8 Å². The zero-order chi connectivity index (χ0) is 14.5. The Kier molecular flexibility index (Phi) is 5.05. The standard InChI is InChI=1S/C17H21ClN2/c1-3-13-7-9-14(10-8-13)20(2)17-6-4-5-16(18)15(17)11-12-19/h4-10H,3,11-12,19H2,1-2H3. The molecule has 2 aromatic rings. The molecule has 0 heterocycles. The molecule has 0 aliphatic heterocycles. The molecule has 0 aliphatic carbocycles. The van der Waals surface area contributed by atoms with Gasteiger partial charge in [0.05, 0.1) is 0 Å². The lowest BCUT2D eigenvalue weighted by Gasteiger charge is -2.23. The molecule has 0 bridgehead atoms. The van der Waals surface area contributed by atoms with Crippen LogP contribution < -0.4 is 10.6 Å². The molecule has 0 radical (unpaired) electrons. The van der Waals surface area contributed by atoms with Crippen LogP contribution in [0.25, 0.3) is 0 Å². The number of anilines is 2. The fourth-order valence-corrected chi connectivity index (χ4v) is 2.61. The number of aryl methyl sites for hydroxylation is 1. The van der Waals surface area contributed by atoms with E-state index in [-0.39, 0.29) is 0 Å². The van der Waals surface area contributed by atoms with Crippen LogP contribution >= 0.6 is 11.6 Å². The van der Waals surface area contributed by atoms with Crippen LogP contribution in [0.2, 0.25) is 5.02 Å². The second-order valence-electron chi connectivity index (χ2n) is 4.86. The van der Waals surface area contributed by atoms with Crippen molar-refractivity contribution in [1.82, 2.24) is 0 Å². The molecule has 2 N–H and O–H groups in total. The van der Waals surface area contributed by atoms with Crippen molar-refractivity contribution in [3.63, 3.8) is 0 Å². The maximum Gasteiger partial charge on any atom is 0.0459 e. The maximum atomic E-state index is 6.31. The van der Waals surface area contributed by atoms with E-state index in [0.717, 1.165) is 34.8 Å². The third kappa shape index (κ3) is 3.14. The van der Waals surface area contributed by atoms with E-state index in [4.69, 9.17) is 17.3 Å². The van der Waals surface area contributed by atoms with Gasteiger partial charge in [0.25, 0.3) is 0 Å². The summed E-state index contributed by atoms with van der Waals surface area (Å²) in [5, 5.41) is 0.782. The Labute approximate surface area is 126 Å². The SMILES string of the molecule is CCc1ccc(N(C)c2cccc(Cl)c2CCN)cc1. The molecule has 0 aliphatic rings. The molecule has 20 heavy (non-hydrogen) atoms. The molecule has 0 spiro atoms. The summed E-state index contributed by atoms with van der Waals surface area (Å²) in [6.45, 7) is 2.76. The average Bonchev–Trinajstić information content (AvgIpc) is 2.49. The van der Waals surface area contributed by atoms with E-state index in [9.17, 15) is 0 Å². The largest absolute Gasteiger partial charge is 0.344 e. The van der Waals surface area contributed by atoms with E-state index >= 15 is 0 Å². The van der Waals surface area contributed by atoms with Crippen LogP contribution in [0, 0.1) is 0 Å². The third-order valence-electron chi connectivity index (χ3n) is 3.58. The highest BCUT2D eigenvalue weighted by Crippen LogP contribution is 2.31. The van der Waals surface area contributed by atoms with E-state index < -0.39 is 0 Å². The zero-order valence-corrected chi connectivity index (χ0v) is 12.8. The smallest absolute Gasteiger partial charge is 0.0459 e. The van der Waals surface area contributed by atoms with Crippen LogP contribution in [0.1, 0.15) is 18.1 Å². The van der Waals surface area contributed by atoms with Crippen LogP contribution in [0.4, 0.5) is 11.4 Å². The first-order valence-electron chi connectivity index (χ1n) is 6.97. The Morgan fingerprint density at radius 2 is 1.80 bits per heavy atom. The number of halogens is 1. The van der Waals surface area contributed by atoms with E-state index in [0.29, 0.717) is 6.54 Å². The molecule has 0 saturated carbocycles. The molecule has 106 valence electrons. The Hall–Kier alpha value is -1.51. The van der Waals surface area contributed by atoms with E-state index in [2.05, 4.69) is 49.2 Å². The third-order valence-corrected chi connectivity index (χ3v) is 3.94. The lowest BCUT2D eigenvalue weighted by molar-refractivity contribution is 0.961. The number of nitrogens with zero attached hydrogens (tertiary/aromatic N) is 1. The van der Waals surface area contributed by atoms with Gasteiger partial charge in [-0.25, -0.2) is 0 Å². The second-order valence-corrected chi connectivity index (χ2v) is 5.26. The van der Waals surface area contributed by atoms with Gasteiger partial charge in [0.15, 0.2) is 0 Å². The van der Waals surface area contributed by atoms with Crippen LogP contribution in [0.5, 0.6) is 0 Å². The quantitative estimate of drug-likeness (QED) is 0.895. The number of benzene rings is 2. The molecule has 0 fully saturated rings. The molecular weight excluding hydrogens is 268 g/mol. The van der Waals surface area contributed by atoms with Gasteiger partial charge < -0.3 is 10.6 Å². The maximum absolute atomic E-state index is 6.31. The van der Waals surface area contributed by atoms with Gasteiger partial charge in [0, 0.05) is 23.4 Å². The van der Waals surface area contributed by atoms with Gasteiger partial charge in [-0.05, 0) is 54.8 Å². The first-order valence-corrected chi connectivity index (χ1v) is 7.35. The summed E-state index contributed by atoms with van der Waals surface area (Å²) in [4.78, 5) is 2.16. The summed E-state index contributed by atoms with van der Waals surface area (Å²) in [6, 6.07) is 14.6. The molecule has 0 amide bonds. The van der Waals surface area contributed by atoms with Crippen molar-refractivity contribution in [2.75, 3.05) is 18.5 Å². The van der Waals surface area contributed by atoms with Gasteiger partial charge in [-0.2, -0.15) is 0 Å². The van der Waals surface area contributed by atoms with Crippen molar-refractivity contribution >= 4 is 23.0 Å². The van der Waals surface area contributed by atoms with Crippen LogP contribution in [0.3, 0.4) is 0 Å². The molecule has 0 atom stereocenters. The van der Waals surface area contributed by atoms with Gasteiger partial charge in [0.2, 0.25) is 0 Å². The topological polar surface area (TPSA) is 29.3 Å². The van der Waals surface area contributed by atoms with Crippen molar-refractivity contribution in [1.29, 1.82) is 0 Å². The minimum Gasteiger partial charge on any atom is -0.344 e. The molecule has 3 heteroatoms. The Balaban J connectivity index is 2.36. The Bertz CT molecular complexity index is 564. The number of hydrogen-bond acceptors (Lipinski definition) is 2. The summed E-state index contributed by atoms with van der Waals surface area (Å²) in [7, 11) is 2.06. The Morgan fingerprint density at radius 3 is 2.40 bits per heavy atom. The Morgan fingerprint density at radius 1 is 1.10 bits per heavy atom. The fraction of sp³-hybridized carbons (Fsp3) is 0.294. The van der Waals surface area contributed by atoms with Gasteiger partial charge in [-0.15, -0.1) is 0 Å². The minimum atomic E-state index is 0.597. The summed E-state index contributed by atoms with van der Waals surface area (Å²) < 4.78 is 0. The van der Waals surface area contributed by atoms with Gasteiger partial charge in [-0.1, -0.05) is 36.7 Å². The number of nitrogens with two attached hydrogens (primary N) is 1. The zero-order valence-electron chi connectivity index (χ0n) is 12.1. The van der Waals surface area contributed by atoms with E-state index in [1.54, 1.807) is 0 Å². The van der Waals surface area contributed by atoms with Crippen molar-refractivity contribution < 1.29 is 0 Å². The average molecular weight is 289 g/mol. The highest BCUT2D eigenvalue weighted by atomic mass is 35.5. The lowest BCUT2D eigenvalue weighted by Crippen LogP contribution is -2.14. The minimum absolute atomic E-state index is 0.597. The van der Waals surface area contributed by atoms with Gasteiger partial charge in [0.1, 0.15) is 0 Å². The summed E-state index contributed by atoms with van der Waals surface area (Å²) in [5.41, 5.74) is 10.4. The summed E-state index contributed by atoms with van der Waals surface area (Å²) in [5.74, 6) is 0. The lowest BCUT2D eigenvalue weighted by atomic mass is 10.1. The predicted molar refractivity (Wildman–Crippen MR) is 88.1 cm³/mol. The summed E-state index contributed by atoms with van der Waals surface area (Å²) >= 11 is 6.31. The van der Waals surface area contributed by atoms with Gasteiger partial charge >= 0.3 is 0 Å². The van der Waals surface area contributed by atoms with Crippen LogP contribution in [0.15, 0.2) is 42.5 Å².